The van der Waals surface area contributed by atoms with Gasteiger partial charge in [-0.15, -0.1) is 0 Å². The number of rotatable bonds is 2. The lowest BCUT2D eigenvalue weighted by molar-refractivity contribution is 1.15. The van der Waals surface area contributed by atoms with Crippen molar-refractivity contribution in [1.29, 1.82) is 0 Å². The van der Waals surface area contributed by atoms with Crippen molar-refractivity contribution in [2.24, 2.45) is 0 Å². The number of hydrogen-bond donors (Lipinski definition) is 2. The molecule has 0 bridgehead atoms. The molecule has 0 saturated carbocycles. The van der Waals surface area contributed by atoms with Crippen molar-refractivity contribution in [1.82, 2.24) is 15.0 Å². The zero-order valence-electron chi connectivity index (χ0n) is 7.28. The summed E-state index contributed by atoms with van der Waals surface area (Å²) in [5.41, 5.74) is 2.11. The largest absolute Gasteiger partial charge is 0.367 e. The molecular formula is C9H10N4. The van der Waals surface area contributed by atoms with Crippen molar-refractivity contribution in [3.05, 3.63) is 30.9 Å². The highest BCUT2D eigenvalue weighted by atomic mass is 15.1. The first-order chi connectivity index (χ1) is 6.40. The van der Waals surface area contributed by atoms with Crippen LogP contribution in [0.5, 0.6) is 0 Å². The first-order valence-corrected chi connectivity index (χ1v) is 4.03. The van der Waals surface area contributed by atoms with Crippen molar-refractivity contribution >= 4 is 5.95 Å². The molecule has 0 spiro atoms. The molecule has 0 unspecified atom stereocenters. The van der Waals surface area contributed by atoms with Gasteiger partial charge in [0.1, 0.15) is 0 Å². The van der Waals surface area contributed by atoms with Crippen LogP contribution in [-0.2, 0) is 0 Å². The summed E-state index contributed by atoms with van der Waals surface area (Å²) in [5.74, 6) is 0.638. The molecule has 4 heteroatoms. The molecule has 4 nitrogen and oxygen atoms in total. The number of nitrogens with one attached hydrogen (secondary N) is 2. The third kappa shape index (κ3) is 1.51. The van der Waals surface area contributed by atoms with Crippen molar-refractivity contribution < 1.29 is 0 Å². The number of H-pyrrole nitrogens is 1. The Bertz CT molecular complexity index is 363. The van der Waals surface area contributed by atoms with Gasteiger partial charge in [0.2, 0.25) is 5.95 Å². The molecule has 0 fully saturated rings. The average molecular weight is 174 g/mol. The zero-order valence-corrected chi connectivity index (χ0v) is 7.28. The molecule has 0 aromatic carbocycles. The Morgan fingerprint density at radius 1 is 1.23 bits per heavy atom. The maximum atomic E-state index is 4.12. The lowest BCUT2D eigenvalue weighted by atomic mass is 10.2. The lowest BCUT2D eigenvalue weighted by Crippen LogP contribution is -1.94. The molecule has 0 saturated heterocycles. The van der Waals surface area contributed by atoms with Crippen molar-refractivity contribution in [3.8, 4) is 11.1 Å². The Morgan fingerprint density at radius 2 is 2.00 bits per heavy atom. The Morgan fingerprint density at radius 3 is 2.54 bits per heavy atom. The van der Waals surface area contributed by atoms with Gasteiger partial charge < -0.3 is 10.3 Å². The highest BCUT2D eigenvalue weighted by molar-refractivity contribution is 5.60. The molecule has 66 valence electrons. The van der Waals surface area contributed by atoms with Gasteiger partial charge in [-0.25, -0.2) is 9.97 Å². The van der Waals surface area contributed by atoms with Gasteiger partial charge in [-0.2, -0.15) is 0 Å². The van der Waals surface area contributed by atoms with E-state index >= 15 is 0 Å². The van der Waals surface area contributed by atoms with E-state index in [2.05, 4.69) is 20.3 Å². The minimum absolute atomic E-state index is 0.638. The van der Waals surface area contributed by atoms with Gasteiger partial charge in [-0.1, -0.05) is 0 Å². The highest BCUT2D eigenvalue weighted by Gasteiger charge is 1.98. The van der Waals surface area contributed by atoms with Gasteiger partial charge in [-0.3, -0.25) is 0 Å². The lowest BCUT2D eigenvalue weighted by Gasteiger charge is -1.98. The predicted octanol–water partition coefficient (Wildman–Crippen LogP) is 1.51. The van der Waals surface area contributed by atoms with Crippen LogP contribution in [0.4, 0.5) is 5.95 Å². The molecule has 13 heavy (non-hydrogen) atoms. The summed E-state index contributed by atoms with van der Waals surface area (Å²) in [6.45, 7) is 0. The minimum Gasteiger partial charge on any atom is -0.367 e. The van der Waals surface area contributed by atoms with E-state index in [0.29, 0.717) is 5.95 Å². The summed E-state index contributed by atoms with van der Waals surface area (Å²) >= 11 is 0. The molecule has 0 aliphatic carbocycles. The summed E-state index contributed by atoms with van der Waals surface area (Å²) in [7, 11) is 1.80. The van der Waals surface area contributed by atoms with E-state index in [9.17, 15) is 0 Å². The van der Waals surface area contributed by atoms with Gasteiger partial charge in [0.25, 0.3) is 0 Å². The van der Waals surface area contributed by atoms with Crippen LogP contribution in [0.25, 0.3) is 11.1 Å². The fourth-order valence-electron chi connectivity index (χ4n) is 1.11. The number of aromatic nitrogens is 3. The number of nitrogens with zero attached hydrogens (tertiary/aromatic N) is 2. The van der Waals surface area contributed by atoms with E-state index in [1.165, 1.54) is 0 Å². The van der Waals surface area contributed by atoms with Crippen LogP contribution in [0.1, 0.15) is 0 Å². The zero-order chi connectivity index (χ0) is 9.10. The van der Waals surface area contributed by atoms with Crippen molar-refractivity contribution in [3.63, 3.8) is 0 Å². The second kappa shape index (κ2) is 3.26. The third-order valence-electron chi connectivity index (χ3n) is 1.81. The van der Waals surface area contributed by atoms with E-state index in [4.69, 9.17) is 0 Å². The fourth-order valence-corrected chi connectivity index (χ4v) is 1.11. The molecule has 0 radical (unpaired) electrons. The first kappa shape index (κ1) is 7.79. The maximum Gasteiger partial charge on any atom is 0.222 e. The Labute approximate surface area is 76.1 Å². The van der Waals surface area contributed by atoms with Gasteiger partial charge in [0.05, 0.1) is 0 Å². The van der Waals surface area contributed by atoms with E-state index in [1.807, 2.05) is 18.5 Å². The number of anilines is 1. The van der Waals surface area contributed by atoms with Crippen LogP contribution in [0.15, 0.2) is 30.9 Å². The van der Waals surface area contributed by atoms with Crippen LogP contribution in [0.2, 0.25) is 0 Å². The molecule has 0 amide bonds. The smallest absolute Gasteiger partial charge is 0.222 e. The standard InChI is InChI=1S/C9H10N4/c1-10-9-12-5-8(6-13-9)7-2-3-11-4-7/h2-6,11H,1H3,(H,10,12,13). The summed E-state index contributed by atoms with van der Waals surface area (Å²) in [4.78, 5) is 11.2. The van der Waals surface area contributed by atoms with Gasteiger partial charge in [0.15, 0.2) is 0 Å². The quantitative estimate of drug-likeness (QED) is 0.725. The maximum absolute atomic E-state index is 4.12. The highest BCUT2D eigenvalue weighted by Crippen LogP contribution is 2.16. The van der Waals surface area contributed by atoms with E-state index in [0.717, 1.165) is 11.1 Å². The predicted molar refractivity (Wildman–Crippen MR) is 51.4 cm³/mol. The van der Waals surface area contributed by atoms with Crippen LogP contribution in [0.3, 0.4) is 0 Å². The molecule has 0 aliphatic heterocycles. The topological polar surface area (TPSA) is 53.6 Å². The van der Waals surface area contributed by atoms with Crippen molar-refractivity contribution in [2.45, 2.75) is 0 Å². The van der Waals surface area contributed by atoms with E-state index in [1.54, 1.807) is 19.4 Å². The molecular weight excluding hydrogens is 164 g/mol. The van der Waals surface area contributed by atoms with Crippen molar-refractivity contribution in [2.75, 3.05) is 12.4 Å². The molecule has 0 aliphatic rings. The van der Waals surface area contributed by atoms with Crippen LogP contribution >= 0.6 is 0 Å². The van der Waals surface area contributed by atoms with Gasteiger partial charge in [0, 0.05) is 43.0 Å². The van der Waals surface area contributed by atoms with E-state index in [-0.39, 0.29) is 0 Å². The summed E-state index contributed by atoms with van der Waals surface area (Å²) in [6.07, 6.45) is 7.38. The van der Waals surface area contributed by atoms with Crippen LogP contribution in [0, 0.1) is 0 Å². The van der Waals surface area contributed by atoms with Gasteiger partial charge in [-0.05, 0) is 6.07 Å². The second-order valence-corrected chi connectivity index (χ2v) is 2.65. The average Bonchev–Trinajstić information content (AvgIpc) is 2.71. The van der Waals surface area contributed by atoms with Crippen LogP contribution < -0.4 is 5.32 Å². The molecule has 2 N–H and O–H groups in total. The molecule has 2 aromatic rings. The second-order valence-electron chi connectivity index (χ2n) is 2.65. The molecule has 0 atom stereocenters. The Hall–Kier alpha value is -1.84. The number of aromatic amines is 1. The van der Waals surface area contributed by atoms with E-state index < -0.39 is 0 Å². The summed E-state index contributed by atoms with van der Waals surface area (Å²) in [6, 6.07) is 1.98. The molecule has 2 rings (SSSR count). The monoisotopic (exact) mass is 174 g/mol. The fraction of sp³-hybridized carbons (Fsp3) is 0.111. The Balaban J connectivity index is 2.33. The molecule has 2 aromatic heterocycles. The Kier molecular flexibility index (Phi) is 1.96. The normalized spacial score (nSPS) is 9.92. The molecule has 2 heterocycles. The van der Waals surface area contributed by atoms with Crippen LogP contribution in [-0.4, -0.2) is 22.0 Å². The minimum atomic E-state index is 0.638. The summed E-state index contributed by atoms with van der Waals surface area (Å²) < 4.78 is 0. The first-order valence-electron chi connectivity index (χ1n) is 4.03. The number of hydrogen-bond acceptors (Lipinski definition) is 3. The van der Waals surface area contributed by atoms with Gasteiger partial charge >= 0.3 is 0 Å². The SMILES string of the molecule is CNc1ncc(-c2cc[nH]c2)cn1. The third-order valence-corrected chi connectivity index (χ3v) is 1.81. The summed E-state index contributed by atoms with van der Waals surface area (Å²) in [5, 5.41) is 2.87.